The molecule has 3 heteroatoms. The Morgan fingerprint density at radius 3 is 1.48 bits per heavy atom. The second kappa shape index (κ2) is 6.66. The van der Waals surface area contributed by atoms with Gasteiger partial charge < -0.3 is 15.3 Å². The van der Waals surface area contributed by atoms with Gasteiger partial charge in [0.1, 0.15) is 17.2 Å². The van der Waals surface area contributed by atoms with E-state index >= 15 is 0 Å². The molecule has 0 aliphatic rings. The SMILES string of the molecule is CC(C)(c1ccccc1)c1cc(C(C)(C)c2ccc(O)cc2)c(O)cc1O. The van der Waals surface area contributed by atoms with Crippen LogP contribution in [0.15, 0.2) is 66.7 Å². The molecule has 3 aromatic carbocycles. The van der Waals surface area contributed by atoms with Crippen LogP contribution in [-0.2, 0) is 10.8 Å². The van der Waals surface area contributed by atoms with Gasteiger partial charge in [0.2, 0.25) is 0 Å². The van der Waals surface area contributed by atoms with Crippen molar-refractivity contribution < 1.29 is 15.3 Å². The highest BCUT2D eigenvalue weighted by Crippen LogP contribution is 2.44. The summed E-state index contributed by atoms with van der Waals surface area (Å²) < 4.78 is 0. The smallest absolute Gasteiger partial charge is 0.123 e. The summed E-state index contributed by atoms with van der Waals surface area (Å²) >= 11 is 0. The fraction of sp³-hybridized carbons (Fsp3) is 0.250. The van der Waals surface area contributed by atoms with Crippen LogP contribution in [0.4, 0.5) is 0 Å². The van der Waals surface area contributed by atoms with Crippen molar-refractivity contribution in [2.24, 2.45) is 0 Å². The minimum atomic E-state index is -0.507. The highest BCUT2D eigenvalue weighted by Gasteiger charge is 2.32. The molecule has 0 heterocycles. The van der Waals surface area contributed by atoms with E-state index in [0.29, 0.717) is 0 Å². The lowest BCUT2D eigenvalue weighted by atomic mass is 9.72. The van der Waals surface area contributed by atoms with Crippen LogP contribution in [-0.4, -0.2) is 15.3 Å². The van der Waals surface area contributed by atoms with Crippen molar-refractivity contribution in [2.75, 3.05) is 0 Å². The van der Waals surface area contributed by atoms with Gasteiger partial charge in [-0.1, -0.05) is 70.2 Å². The largest absolute Gasteiger partial charge is 0.508 e. The number of aromatic hydroxyl groups is 3. The maximum absolute atomic E-state index is 10.6. The third kappa shape index (κ3) is 3.37. The lowest BCUT2D eigenvalue weighted by molar-refractivity contribution is 0.424. The molecule has 27 heavy (non-hydrogen) atoms. The summed E-state index contributed by atoms with van der Waals surface area (Å²) in [6.45, 7) is 8.16. The molecule has 0 spiro atoms. The lowest BCUT2D eigenvalue weighted by Gasteiger charge is -2.32. The number of hydrogen-bond acceptors (Lipinski definition) is 3. The molecular weight excluding hydrogens is 336 g/mol. The van der Waals surface area contributed by atoms with Crippen LogP contribution >= 0.6 is 0 Å². The van der Waals surface area contributed by atoms with Crippen LogP contribution in [0, 0.1) is 0 Å². The maximum atomic E-state index is 10.6. The zero-order chi connectivity index (χ0) is 19.8. The molecule has 0 fully saturated rings. The fourth-order valence-corrected chi connectivity index (χ4v) is 3.62. The van der Waals surface area contributed by atoms with E-state index in [-0.39, 0.29) is 17.2 Å². The van der Waals surface area contributed by atoms with Crippen molar-refractivity contribution >= 4 is 0 Å². The van der Waals surface area contributed by atoms with E-state index in [1.54, 1.807) is 12.1 Å². The van der Waals surface area contributed by atoms with Gasteiger partial charge in [-0.25, -0.2) is 0 Å². The van der Waals surface area contributed by atoms with Crippen LogP contribution < -0.4 is 0 Å². The number of benzene rings is 3. The van der Waals surface area contributed by atoms with Gasteiger partial charge in [-0.2, -0.15) is 0 Å². The topological polar surface area (TPSA) is 60.7 Å². The van der Waals surface area contributed by atoms with E-state index in [9.17, 15) is 15.3 Å². The van der Waals surface area contributed by atoms with E-state index in [4.69, 9.17) is 0 Å². The molecule has 3 rings (SSSR count). The molecule has 0 atom stereocenters. The second-order valence-electron chi connectivity index (χ2n) is 8.05. The highest BCUT2D eigenvalue weighted by atomic mass is 16.3. The molecule has 0 aliphatic heterocycles. The summed E-state index contributed by atoms with van der Waals surface area (Å²) in [6, 6.07) is 20.3. The Kier molecular flexibility index (Phi) is 4.64. The minimum absolute atomic E-state index is 0.0539. The van der Waals surface area contributed by atoms with Gasteiger partial charge in [0, 0.05) is 28.0 Å². The first-order valence-electron chi connectivity index (χ1n) is 9.06. The first-order chi connectivity index (χ1) is 12.6. The molecule has 0 aliphatic carbocycles. The Hall–Kier alpha value is -2.94. The Labute approximate surface area is 160 Å². The summed E-state index contributed by atoms with van der Waals surface area (Å²) in [4.78, 5) is 0. The molecule has 3 aromatic rings. The van der Waals surface area contributed by atoms with Crippen molar-refractivity contribution in [1.29, 1.82) is 0 Å². The Morgan fingerprint density at radius 1 is 0.556 bits per heavy atom. The van der Waals surface area contributed by atoms with Crippen LogP contribution in [0.25, 0.3) is 0 Å². The number of hydrogen-bond donors (Lipinski definition) is 3. The predicted molar refractivity (Wildman–Crippen MR) is 109 cm³/mol. The van der Waals surface area contributed by atoms with Crippen molar-refractivity contribution in [3.8, 4) is 17.2 Å². The highest BCUT2D eigenvalue weighted by molar-refractivity contribution is 5.56. The minimum Gasteiger partial charge on any atom is -0.508 e. The van der Waals surface area contributed by atoms with E-state index in [0.717, 1.165) is 22.3 Å². The van der Waals surface area contributed by atoms with E-state index in [1.807, 2.05) is 62.4 Å². The Balaban J connectivity index is 2.16. The predicted octanol–water partition coefficient (Wildman–Crippen LogP) is 5.46. The second-order valence-corrected chi connectivity index (χ2v) is 8.05. The lowest BCUT2D eigenvalue weighted by Crippen LogP contribution is -2.23. The Bertz CT molecular complexity index is 939. The maximum Gasteiger partial charge on any atom is 0.123 e. The van der Waals surface area contributed by atoms with Gasteiger partial charge in [0.05, 0.1) is 0 Å². The van der Waals surface area contributed by atoms with Crippen molar-refractivity contribution in [3.63, 3.8) is 0 Å². The average molecular weight is 362 g/mol. The number of phenols is 3. The molecule has 0 aromatic heterocycles. The average Bonchev–Trinajstić information content (AvgIpc) is 2.62. The molecule has 0 saturated heterocycles. The molecular formula is C24H26O3. The Morgan fingerprint density at radius 2 is 1.00 bits per heavy atom. The normalized spacial score (nSPS) is 12.1. The molecule has 3 nitrogen and oxygen atoms in total. The van der Waals surface area contributed by atoms with Crippen LogP contribution in [0.3, 0.4) is 0 Å². The molecule has 0 bridgehead atoms. The molecule has 0 saturated carbocycles. The molecule has 140 valence electrons. The molecule has 0 amide bonds. The van der Waals surface area contributed by atoms with Crippen molar-refractivity contribution in [1.82, 2.24) is 0 Å². The van der Waals surface area contributed by atoms with Gasteiger partial charge in [0.25, 0.3) is 0 Å². The number of rotatable bonds is 4. The molecule has 3 N–H and O–H groups in total. The third-order valence-corrected chi connectivity index (χ3v) is 5.55. The quantitative estimate of drug-likeness (QED) is 0.578. The van der Waals surface area contributed by atoms with Crippen LogP contribution in [0.5, 0.6) is 17.2 Å². The van der Waals surface area contributed by atoms with Gasteiger partial charge in [-0.05, 0) is 29.3 Å². The third-order valence-electron chi connectivity index (χ3n) is 5.55. The molecule has 0 unspecified atom stereocenters. The van der Waals surface area contributed by atoms with Crippen molar-refractivity contribution in [3.05, 3.63) is 89.0 Å². The zero-order valence-electron chi connectivity index (χ0n) is 16.2. The van der Waals surface area contributed by atoms with Gasteiger partial charge in [-0.3, -0.25) is 0 Å². The van der Waals surface area contributed by atoms with E-state index in [2.05, 4.69) is 13.8 Å². The van der Waals surface area contributed by atoms with Gasteiger partial charge in [0.15, 0.2) is 0 Å². The van der Waals surface area contributed by atoms with Crippen LogP contribution in [0.2, 0.25) is 0 Å². The van der Waals surface area contributed by atoms with E-state index < -0.39 is 10.8 Å². The van der Waals surface area contributed by atoms with E-state index in [1.165, 1.54) is 6.07 Å². The standard InChI is InChI=1S/C24H26O3/c1-23(2,16-8-6-5-7-9-16)19-14-20(22(27)15-21(19)26)24(3,4)17-10-12-18(25)13-11-17/h5-15,25-27H,1-4H3. The van der Waals surface area contributed by atoms with Crippen LogP contribution in [0.1, 0.15) is 49.9 Å². The van der Waals surface area contributed by atoms with Crippen molar-refractivity contribution in [2.45, 2.75) is 38.5 Å². The summed E-state index contributed by atoms with van der Waals surface area (Å²) in [5.41, 5.74) is 2.59. The molecule has 0 radical (unpaired) electrons. The van der Waals surface area contributed by atoms with Gasteiger partial charge in [-0.15, -0.1) is 0 Å². The zero-order valence-corrected chi connectivity index (χ0v) is 16.2. The number of phenolic OH excluding ortho intramolecular Hbond substituents is 3. The summed E-state index contributed by atoms with van der Waals surface area (Å²) in [7, 11) is 0. The van der Waals surface area contributed by atoms with Gasteiger partial charge >= 0.3 is 0 Å². The summed E-state index contributed by atoms with van der Waals surface area (Å²) in [6.07, 6.45) is 0. The summed E-state index contributed by atoms with van der Waals surface area (Å²) in [5, 5.41) is 30.8. The monoisotopic (exact) mass is 362 g/mol. The fourth-order valence-electron chi connectivity index (χ4n) is 3.62. The first-order valence-corrected chi connectivity index (χ1v) is 9.06. The first kappa shape index (κ1) is 18.8. The summed E-state index contributed by atoms with van der Waals surface area (Å²) in [5.74, 6) is 0.333.